The fraction of sp³-hybridized carbons (Fsp3) is 0.308. The molecule has 1 aliphatic heterocycles. The molecule has 1 radical (unpaired) electrons. The Kier molecular flexibility index (Phi) is 3.15. The van der Waals surface area contributed by atoms with Crippen LogP contribution in [0.2, 0.25) is 0 Å². The van der Waals surface area contributed by atoms with Gasteiger partial charge in [0.15, 0.2) is 0 Å². The third-order valence-corrected chi connectivity index (χ3v) is 4.09. The molecule has 0 fully saturated rings. The highest BCUT2D eigenvalue weighted by molar-refractivity contribution is 8.14. The molecule has 2 aromatic rings. The number of aliphatic imine (C=N–C) groups is 1. The summed E-state index contributed by atoms with van der Waals surface area (Å²) in [5.41, 5.74) is 2.13. The van der Waals surface area contributed by atoms with Gasteiger partial charge in [0.1, 0.15) is 11.4 Å². The minimum absolute atomic E-state index is 0.445. The highest BCUT2D eigenvalue weighted by Gasteiger charge is 2.20. The van der Waals surface area contributed by atoms with Crippen LogP contribution in [0.4, 0.5) is 0 Å². The molecular formula is C13H13N4S. The van der Waals surface area contributed by atoms with Crippen LogP contribution < -0.4 is 0 Å². The average Bonchev–Trinajstić information content (AvgIpc) is 3.10. The number of hydrogen-bond acceptors (Lipinski definition) is 4. The van der Waals surface area contributed by atoms with Crippen molar-refractivity contribution in [3.8, 4) is 5.69 Å². The van der Waals surface area contributed by atoms with Crippen molar-refractivity contribution < 1.29 is 0 Å². The van der Waals surface area contributed by atoms with Gasteiger partial charge in [-0.15, -0.1) is 16.9 Å². The van der Waals surface area contributed by atoms with Gasteiger partial charge in [0.05, 0.1) is 11.7 Å². The maximum Gasteiger partial charge on any atom is 0.221 e. The zero-order valence-corrected chi connectivity index (χ0v) is 10.9. The van der Waals surface area contributed by atoms with Gasteiger partial charge in [-0.3, -0.25) is 4.99 Å². The predicted molar refractivity (Wildman–Crippen MR) is 73.3 cm³/mol. The highest BCUT2D eigenvalue weighted by Crippen LogP contribution is 2.27. The van der Waals surface area contributed by atoms with Crippen molar-refractivity contribution in [2.24, 2.45) is 4.99 Å². The standard InChI is InChI=1S/C13H13N4S/c1-2-10-7-18-13(16-10)11-5-3-4-6-12(11)17-9-14-8-15-17/h3-6,9-10H,2,7H2,1H3. The Morgan fingerprint density at radius 3 is 3.06 bits per heavy atom. The minimum Gasteiger partial charge on any atom is -0.274 e. The third kappa shape index (κ3) is 2.06. The molecule has 2 heterocycles. The Bertz CT molecular complexity index is 562. The number of hydrogen-bond donors (Lipinski definition) is 0. The van der Waals surface area contributed by atoms with Crippen LogP contribution in [-0.4, -0.2) is 31.6 Å². The Morgan fingerprint density at radius 1 is 1.44 bits per heavy atom. The van der Waals surface area contributed by atoms with E-state index in [1.165, 1.54) is 0 Å². The van der Waals surface area contributed by atoms with E-state index in [9.17, 15) is 0 Å². The zero-order chi connectivity index (χ0) is 12.4. The van der Waals surface area contributed by atoms with Gasteiger partial charge >= 0.3 is 0 Å². The summed E-state index contributed by atoms with van der Waals surface area (Å²) >= 11 is 1.82. The molecule has 18 heavy (non-hydrogen) atoms. The Labute approximate surface area is 110 Å². The van der Waals surface area contributed by atoms with Gasteiger partial charge in [-0.1, -0.05) is 25.1 Å². The second-order valence-corrected chi connectivity index (χ2v) is 5.12. The van der Waals surface area contributed by atoms with Gasteiger partial charge in [-0.25, -0.2) is 9.67 Å². The van der Waals surface area contributed by atoms with Crippen molar-refractivity contribution in [2.45, 2.75) is 19.4 Å². The fourth-order valence-electron chi connectivity index (χ4n) is 1.92. The van der Waals surface area contributed by atoms with Crippen LogP contribution in [0.3, 0.4) is 0 Å². The van der Waals surface area contributed by atoms with Gasteiger partial charge in [-0.05, 0) is 12.5 Å². The number of nitrogens with zero attached hydrogens (tertiary/aromatic N) is 4. The molecule has 0 amide bonds. The molecule has 4 nitrogen and oxygen atoms in total. The molecule has 0 aliphatic carbocycles. The van der Waals surface area contributed by atoms with Gasteiger partial charge in [-0.2, -0.15) is 0 Å². The molecule has 91 valence electrons. The Morgan fingerprint density at radius 2 is 2.33 bits per heavy atom. The van der Waals surface area contributed by atoms with Gasteiger partial charge < -0.3 is 0 Å². The van der Waals surface area contributed by atoms with E-state index in [1.807, 2.05) is 30.0 Å². The van der Waals surface area contributed by atoms with Crippen LogP contribution >= 0.6 is 11.8 Å². The third-order valence-electron chi connectivity index (χ3n) is 2.94. The van der Waals surface area contributed by atoms with Crippen molar-refractivity contribution in [2.75, 3.05) is 5.75 Å². The molecule has 1 unspecified atom stereocenters. The molecular weight excluding hydrogens is 244 g/mol. The van der Waals surface area contributed by atoms with Gasteiger partial charge in [0.2, 0.25) is 6.33 Å². The molecule has 0 saturated carbocycles. The second kappa shape index (κ2) is 4.94. The molecule has 0 bridgehead atoms. The summed E-state index contributed by atoms with van der Waals surface area (Å²) in [6.07, 6.45) is 5.34. The van der Waals surface area contributed by atoms with Crippen molar-refractivity contribution in [1.29, 1.82) is 0 Å². The average molecular weight is 257 g/mol. The van der Waals surface area contributed by atoms with Crippen LogP contribution in [0.1, 0.15) is 18.9 Å². The lowest BCUT2D eigenvalue weighted by Gasteiger charge is -2.07. The summed E-state index contributed by atoms with van der Waals surface area (Å²) in [4.78, 5) is 8.63. The summed E-state index contributed by atoms with van der Waals surface area (Å²) in [7, 11) is 0. The molecule has 5 heteroatoms. The Balaban J connectivity index is 2.03. The van der Waals surface area contributed by atoms with Crippen molar-refractivity contribution in [3.05, 3.63) is 42.5 Å². The summed E-state index contributed by atoms with van der Waals surface area (Å²) < 4.78 is 1.73. The largest absolute Gasteiger partial charge is 0.274 e. The minimum atomic E-state index is 0.445. The van der Waals surface area contributed by atoms with Crippen LogP contribution in [0, 0.1) is 6.33 Å². The summed E-state index contributed by atoms with van der Waals surface area (Å²) in [5.74, 6) is 1.07. The quantitative estimate of drug-likeness (QED) is 0.847. The van der Waals surface area contributed by atoms with E-state index in [0.29, 0.717) is 6.04 Å². The highest BCUT2D eigenvalue weighted by atomic mass is 32.2. The first-order valence-electron chi connectivity index (χ1n) is 5.96. The maximum absolute atomic E-state index is 4.76. The lowest BCUT2D eigenvalue weighted by Crippen LogP contribution is -2.03. The van der Waals surface area contributed by atoms with E-state index < -0.39 is 0 Å². The molecule has 0 N–H and O–H groups in total. The van der Waals surface area contributed by atoms with Gasteiger partial charge in [0, 0.05) is 11.3 Å². The SMILES string of the molecule is CCC1CSC(c2ccccc2-n2cn[c]n2)=N1. The van der Waals surface area contributed by atoms with Crippen LogP contribution in [0.25, 0.3) is 5.69 Å². The number of thioether (sulfide) groups is 1. The van der Waals surface area contributed by atoms with E-state index in [2.05, 4.69) is 29.4 Å². The summed E-state index contributed by atoms with van der Waals surface area (Å²) in [6.45, 7) is 2.18. The molecule has 1 aromatic carbocycles. The normalized spacial score (nSPS) is 18.9. The van der Waals surface area contributed by atoms with Crippen molar-refractivity contribution in [1.82, 2.24) is 14.8 Å². The number of para-hydroxylation sites is 1. The monoisotopic (exact) mass is 257 g/mol. The first kappa shape index (κ1) is 11.5. The molecule has 3 rings (SSSR count). The molecule has 0 saturated heterocycles. The maximum atomic E-state index is 4.76. The molecule has 1 aromatic heterocycles. The van der Waals surface area contributed by atoms with Gasteiger partial charge in [0.25, 0.3) is 0 Å². The number of benzene rings is 1. The lowest BCUT2D eigenvalue weighted by atomic mass is 10.2. The first-order chi connectivity index (χ1) is 8.88. The summed E-state index contributed by atoms with van der Waals surface area (Å²) in [6, 6.07) is 8.58. The number of rotatable bonds is 3. The van der Waals surface area contributed by atoms with Crippen LogP contribution in [0.5, 0.6) is 0 Å². The van der Waals surface area contributed by atoms with E-state index in [0.717, 1.165) is 28.5 Å². The van der Waals surface area contributed by atoms with Crippen molar-refractivity contribution in [3.63, 3.8) is 0 Å². The molecule has 1 aliphatic rings. The van der Waals surface area contributed by atoms with E-state index in [1.54, 1.807) is 11.0 Å². The van der Waals surface area contributed by atoms with E-state index in [-0.39, 0.29) is 0 Å². The van der Waals surface area contributed by atoms with E-state index >= 15 is 0 Å². The van der Waals surface area contributed by atoms with Crippen LogP contribution in [-0.2, 0) is 0 Å². The smallest absolute Gasteiger partial charge is 0.221 e. The summed E-state index contributed by atoms with van der Waals surface area (Å²) in [5, 5.41) is 5.18. The van der Waals surface area contributed by atoms with Crippen LogP contribution in [0.15, 0.2) is 35.6 Å². The lowest BCUT2D eigenvalue weighted by molar-refractivity contribution is 0.738. The zero-order valence-electron chi connectivity index (χ0n) is 10.1. The second-order valence-electron chi connectivity index (χ2n) is 4.11. The van der Waals surface area contributed by atoms with E-state index in [4.69, 9.17) is 4.99 Å². The van der Waals surface area contributed by atoms with Crippen molar-refractivity contribution >= 4 is 16.8 Å². The topological polar surface area (TPSA) is 43.1 Å². The molecule has 0 spiro atoms. The fourth-order valence-corrected chi connectivity index (χ4v) is 3.13. The molecule has 1 atom stereocenters. The Hall–Kier alpha value is -1.62. The first-order valence-corrected chi connectivity index (χ1v) is 6.95. The number of aromatic nitrogens is 3. The predicted octanol–water partition coefficient (Wildman–Crippen LogP) is 2.34.